The van der Waals surface area contributed by atoms with Crippen LogP contribution in [0.1, 0.15) is 26.5 Å². The summed E-state index contributed by atoms with van der Waals surface area (Å²) >= 11 is 0. The van der Waals surface area contributed by atoms with Crippen molar-refractivity contribution in [1.82, 2.24) is 9.97 Å². The molecule has 1 amide bonds. The highest BCUT2D eigenvalue weighted by Crippen LogP contribution is 2.13. The number of aromatic nitrogens is 2. The van der Waals surface area contributed by atoms with Crippen molar-refractivity contribution in [3.63, 3.8) is 0 Å². The summed E-state index contributed by atoms with van der Waals surface area (Å²) in [5, 5.41) is 11.2. The van der Waals surface area contributed by atoms with Gasteiger partial charge in [-0.2, -0.15) is 0 Å². The number of aryl methyl sites for hydroxylation is 1. The van der Waals surface area contributed by atoms with Crippen molar-refractivity contribution in [3.8, 4) is 0 Å². The van der Waals surface area contributed by atoms with Gasteiger partial charge in [0, 0.05) is 6.20 Å². The van der Waals surface area contributed by atoms with Crippen molar-refractivity contribution in [2.24, 2.45) is 0 Å². The van der Waals surface area contributed by atoms with Crippen LogP contribution in [0.5, 0.6) is 0 Å². The van der Waals surface area contributed by atoms with Gasteiger partial charge in [-0.25, -0.2) is 14.2 Å². The molecule has 0 saturated heterocycles. The number of amides is 1. The fraction of sp³-hybridized carbons (Fsp3) is 0.0769. The molecular formula is C13H10FN3O3. The van der Waals surface area contributed by atoms with Gasteiger partial charge in [0.2, 0.25) is 0 Å². The minimum absolute atomic E-state index is 0.00344. The molecule has 0 aliphatic rings. The second-order valence-electron chi connectivity index (χ2n) is 3.94. The monoisotopic (exact) mass is 275 g/mol. The summed E-state index contributed by atoms with van der Waals surface area (Å²) in [5.74, 6) is -2.42. The number of carboxylic acids is 1. The molecule has 0 atom stereocenters. The van der Waals surface area contributed by atoms with E-state index in [4.69, 9.17) is 5.11 Å². The zero-order chi connectivity index (χ0) is 14.7. The normalized spacial score (nSPS) is 10.1. The summed E-state index contributed by atoms with van der Waals surface area (Å²) in [6, 6.07) is 3.86. The van der Waals surface area contributed by atoms with Crippen LogP contribution in [0.3, 0.4) is 0 Å². The van der Waals surface area contributed by atoms with E-state index < -0.39 is 17.7 Å². The number of hydrogen-bond acceptors (Lipinski definition) is 4. The number of nitrogens with zero attached hydrogens (tertiary/aromatic N) is 2. The van der Waals surface area contributed by atoms with Gasteiger partial charge in [-0.1, -0.05) is 0 Å². The Hall–Kier alpha value is -2.83. The number of carbonyl (C=O) groups is 2. The van der Waals surface area contributed by atoms with E-state index in [9.17, 15) is 14.0 Å². The predicted octanol–water partition coefficient (Wildman–Crippen LogP) is 1.87. The third-order valence-corrected chi connectivity index (χ3v) is 2.57. The molecule has 102 valence electrons. The summed E-state index contributed by atoms with van der Waals surface area (Å²) in [6.07, 6.45) is 2.31. The predicted molar refractivity (Wildman–Crippen MR) is 68.1 cm³/mol. The van der Waals surface area contributed by atoms with E-state index in [0.29, 0.717) is 0 Å². The molecule has 20 heavy (non-hydrogen) atoms. The summed E-state index contributed by atoms with van der Waals surface area (Å²) in [4.78, 5) is 30.2. The Morgan fingerprint density at radius 2 is 2.05 bits per heavy atom. The van der Waals surface area contributed by atoms with E-state index in [0.717, 1.165) is 6.20 Å². The van der Waals surface area contributed by atoms with Gasteiger partial charge in [-0.15, -0.1) is 0 Å². The van der Waals surface area contributed by atoms with Gasteiger partial charge in [0.05, 0.1) is 23.1 Å². The molecule has 0 saturated carbocycles. The lowest BCUT2D eigenvalue weighted by Gasteiger charge is -2.07. The molecule has 6 nitrogen and oxygen atoms in total. The van der Waals surface area contributed by atoms with Gasteiger partial charge >= 0.3 is 5.97 Å². The maximum Gasteiger partial charge on any atom is 0.337 e. The first-order valence-corrected chi connectivity index (χ1v) is 5.61. The molecule has 0 radical (unpaired) electrons. The summed E-state index contributed by atoms with van der Waals surface area (Å²) in [7, 11) is 0. The zero-order valence-corrected chi connectivity index (χ0v) is 10.4. The lowest BCUT2D eigenvalue weighted by Crippen LogP contribution is -2.16. The molecule has 2 rings (SSSR count). The van der Waals surface area contributed by atoms with Crippen molar-refractivity contribution < 1.29 is 19.1 Å². The number of carboxylic acid groups (broad SMARTS) is 1. The Morgan fingerprint density at radius 1 is 1.30 bits per heavy atom. The van der Waals surface area contributed by atoms with Gasteiger partial charge in [-0.3, -0.25) is 9.78 Å². The van der Waals surface area contributed by atoms with Crippen molar-refractivity contribution >= 4 is 17.6 Å². The molecule has 0 fully saturated rings. The maximum atomic E-state index is 13.3. The number of nitrogens with one attached hydrogen (secondary N) is 1. The number of anilines is 1. The van der Waals surface area contributed by atoms with E-state index in [1.807, 2.05) is 0 Å². The van der Waals surface area contributed by atoms with Crippen LogP contribution in [0.15, 0.2) is 30.6 Å². The Labute approximate surface area is 113 Å². The first-order chi connectivity index (χ1) is 9.49. The second-order valence-corrected chi connectivity index (χ2v) is 3.94. The molecule has 0 bridgehead atoms. The van der Waals surface area contributed by atoms with Crippen LogP contribution in [0.2, 0.25) is 0 Å². The molecule has 0 spiro atoms. The first-order valence-electron chi connectivity index (χ1n) is 5.61. The van der Waals surface area contributed by atoms with Crippen LogP contribution in [0.4, 0.5) is 10.1 Å². The lowest BCUT2D eigenvalue weighted by atomic mass is 10.2. The Bertz CT molecular complexity index is 688. The fourth-order valence-corrected chi connectivity index (χ4v) is 1.58. The van der Waals surface area contributed by atoms with E-state index >= 15 is 0 Å². The molecule has 2 N–H and O–H groups in total. The van der Waals surface area contributed by atoms with Crippen LogP contribution in [-0.4, -0.2) is 27.0 Å². The molecule has 0 aliphatic heterocycles. The van der Waals surface area contributed by atoms with Crippen LogP contribution in [0.25, 0.3) is 0 Å². The molecule has 2 aromatic heterocycles. The maximum absolute atomic E-state index is 13.3. The van der Waals surface area contributed by atoms with Crippen LogP contribution in [0, 0.1) is 12.7 Å². The van der Waals surface area contributed by atoms with Crippen LogP contribution in [-0.2, 0) is 0 Å². The fourth-order valence-electron chi connectivity index (χ4n) is 1.58. The SMILES string of the molecule is Cc1nc(C(=O)Nc2ccncc2F)ccc1C(=O)O. The highest BCUT2D eigenvalue weighted by molar-refractivity contribution is 6.03. The topological polar surface area (TPSA) is 92.2 Å². The third-order valence-electron chi connectivity index (χ3n) is 2.57. The van der Waals surface area contributed by atoms with Crippen LogP contribution < -0.4 is 5.32 Å². The molecule has 2 aromatic rings. The van der Waals surface area contributed by atoms with Crippen molar-refractivity contribution in [1.29, 1.82) is 0 Å². The molecule has 0 aliphatic carbocycles. The van der Waals surface area contributed by atoms with E-state index in [1.54, 1.807) is 0 Å². The largest absolute Gasteiger partial charge is 0.478 e. The van der Waals surface area contributed by atoms with Crippen molar-refractivity contribution in [2.45, 2.75) is 6.92 Å². The molecule has 7 heteroatoms. The minimum atomic E-state index is -1.12. The standard InChI is InChI=1S/C13H10FN3O3/c1-7-8(13(19)20)2-3-11(16-7)12(18)17-10-4-5-15-6-9(10)14/h2-6H,1H3,(H,19,20)(H,15,17,18). The van der Waals surface area contributed by atoms with Gasteiger partial charge in [0.25, 0.3) is 5.91 Å². The first kappa shape index (κ1) is 13.6. The number of pyridine rings is 2. The van der Waals surface area contributed by atoms with E-state index in [2.05, 4.69) is 15.3 Å². The smallest absolute Gasteiger partial charge is 0.337 e. The van der Waals surface area contributed by atoms with Crippen molar-refractivity contribution in [3.05, 3.63) is 53.4 Å². The van der Waals surface area contributed by atoms with Gasteiger partial charge in [-0.05, 0) is 25.1 Å². The molecule has 0 aromatic carbocycles. The summed E-state index contributed by atoms with van der Waals surface area (Å²) < 4.78 is 13.3. The van der Waals surface area contributed by atoms with Crippen LogP contribution >= 0.6 is 0 Å². The number of rotatable bonds is 3. The second kappa shape index (κ2) is 5.43. The van der Waals surface area contributed by atoms with E-state index in [1.165, 1.54) is 31.3 Å². The van der Waals surface area contributed by atoms with Gasteiger partial charge in [0.1, 0.15) is 5.69 Å². The summed E-state index contributed by atoms with van der Waals surface area (Å²) in [6.45, 7) is 1.48. The number of halogens is 1. The highest BCUT2D eigenvalue weighted by Gasteiger charge is 2.14. The number of carbonyl (C=O) groups excluding carboxylic acids is 1. The Balaban J connectivity index is 2.24. The molecular weight excluding hydrogens is 265 g/mol. The summed E-state index contributed by atoms with van der Waals surface area (Å²) in [5.41, 5.74) is 0.201. The highest BCUT2D eigenvalue weighted by atomic mass is 19.1. The average Bonchev–Trinajstić information content (AvgIpc) is 2.40. The van der Waals surface area contributed by atoms with Crippen molar-refractivity contribution in [2.75, 3.05) is 5.32 Å². The molecule has 0 unspecified atom stereocenters. The average molecular weight is 275 g/mol. The Kier molecular flexibility index (Phi) is 3.69. The van der Waals surface area contributed by atoms with Gasteiger partial charge < -0.3 is 10.4 Å². The third kappa shape index (κ3) is 2.77. The zero-order valence-electron chi connectivity index (χ0n) is 10.4. The number of aromatic carboxylic acids is 1. The number of hydrogen-bond donors (Lipinski definition) is 2. The van der Waals surface area contributed by atoms with E-state index in [-0.39, 0.29) is 22.6 Å². The lowest BCUT2D eigenvalue weighted by molar-refractivity contribution is 0.0695. The Morgan fingerprint density at radius 3 is 2.65 bits per heavy atom. The molecule has 2 heterocycles. The minimum Gasteiger partial charge on any atom is -0.478 e. The van der Waals surface area contributed by atoms with Gasteiger partial charge in [0.15, 0.2) is 5.82 Å². The quantitative estimate of drug-likeness (QED) is 0.892.